The number of aromatic amines is 1. The Bertz CT molecular complexity index is 1050. The quantitative estimate of drug-likeness (QED) is 0.571. The second-order valence-corrected chi connectivity index (χ2v) is 5.76. The molecule has 4 aromatic rings. The monoisotopic (exact) mass is 352 g/mol. The van der Waals surface area contributed by atoms with Gasteiger partial charge < -0.3 is 10.1 Å². The Kier molecular flexibility index (Phi) is 3.91. The normalized spacial score (nSPS) is 10.8. The number of pyridine rings is 1. The topological polar surface area (TPSA) is 88.6 Å². The van der Waals surface area contributed by atoms with Crippen LogP contribution in [0.1, 0.15) is 5.69 Å². The Morgan fingerprint density at radius 3 is 2.84 bits per heavy atom. The molecule has 3 aromatic heterocycles. The largest absolute Gasteiger partial charge is 0.438 e. The lowest BCUT2D eigenvalue weighted by molar-refractivity contribution is 0.464. The van der Waals surface area contributed by atoms with Crippen molar-refractivity contribution in [2.75, 3.05) is 5.32 Å². The lowest BCUT2D eigenvalue weighted by atomic mass is 10.2. The highest BCUT2D eigenvalue weighted by Crippen LogP contribution is 2.30. The van der Waals surface area contributed by atoms with Crippen LogP contribution < -0.4 is 10.1 Å². The average molecular weight is 353 g/mol. The SMILES string of the molecule is Cc1cc(Nc2ncnc3ccc(Oc4ncccc4Cl)cc23)n[nH]1. The molecule has 0 bridgehead atoms. The van der Waals surface area contributed by atoms with Crippen LogP contribution in [0.2, 0.25) is 5.02 Å². The Hall–Kier alpha value is -3.19. The molecule has 2 N–H and O–H groups in total. The predicted molar refractivity (Wildman–Crippen MR) is 95.5 cm³/mol. The number of ether oxygens (including phenoxy) is 1. The summed E-state index contributed by atoms with van der Waals surface area (Å²) < 4.78 is 5.78. The summed E-state index contributed by atoms with van der Waals surface area (Å²) in [5.41, 5.74) is 1.74. The third-order valence-electron chi connectivity index (χ3n) is 3.50. The molecule has 0 saturated heterocycles. The number of hydrogen-bond donors (Lipinski definition) is 2. The lowest BCUT2D eigenvalue weighted by Crippen LogP contribution is -1.97. The summed E-state index contributed by atoms with van der Waals surface area (Å²) in [5.74, 6) is 2.24. The van der Waals surface area contributed by atoms with Crippen molar-refractivity contribution in [1.82, 2.24) is 25.1 Å². The maximum atomic E-state index is 6.10. The standard InChI is InChI=1S/C17H13ClN6O/c1-10-7-15(24-23-10)22-16-12-8-11(4-5-14(12)20-9-21-16)25-17-13(18)3-2-6-19-17/h2-9H,1H3,(H2,20,21,22,23,24). The summed E-state index contributed by atoms with van der Waals surface area (Å²) in [6, 6.07) is 10.9. The van der Waals surface area contributed by atoms with Crippen molar-refractivity contribution in [3.63, 3.8) is 0 Å². The first kappa shape index (κ1) is 15.3. The number of anilines is 2. The number of fused-ring (bicyclic) bond motifs is 1. The predicted octanol–water partition coefficient (Wildman–Crippen LogP) is 4.25. The van der Waals surface area contributed by atoms with Gasteiger partial charge >= 0.3 is 0 Å². The van der Waals surface area contributed by atoms with Gasteiger partial charge in [0.05, 0.1) is 5.52 Å². The first-order chi connectivity index (χ1) is 12.2. The number of aromatic nitrogens is 5. The first-order valence-corrected chi connectivity index (χ1v) is 7.89. The minimum Gasteiger partial charge on any atom is -0.438 e. The van der Waals surface area contributed by atoms with Gasteiger partial charge in [-0.05, 0) is 37.3 Å². The molecule has 8 heteroatoms. The molecular formula is C17H13ClN6O. The highest BCUT2D eigenvalue weighted by Gasteiger charge is 2.09. The van der Waals surface area contributed by atoms with E-state index < -0.39 is 0 Å². The van der Waals surface area contributed by atoms with Crippen LogP contribution in [0.3, 0.4) is 0 Å². The van der Waals surface area contributed by atoms with E-state index in [1.54, 1.807) is 18.3 Å². The van der Waals surface area contributed by atoms with Gasteiger partial charge in [0.25, 0.3) is 0 Å². The van der Waals surface area contributed by atoms with Crippen LogP contribution in [0.4, 0.5) is 11.6 Å². The molecule has 0 aliphatic carbocycles. The van der Waals surface area contributed by atoms with Gasteiger partial charge in [0.1, 0.15) is 22.9 Å². The molecule has 0 fully saturated rings. The van der Waals surface area contributed by atoms with Gasteiger partial charge in [0, 0.05) is 23.3 Å². The summed E-state index contributed by atoms with van der Waals surface area (Å²) in [4.78, 5) is 12.7. The highest BCUT2D eigenvalue weighted by molar-refractivity contribution is 6.31. The molecule has 124 valence electrons. The van der Waals surface area contributed by atoms with E-state index in [-0.39, 0.29) is 0 Å². The number of nitrogens with zero attached hydrogens (tertiary/aromatic N) is 4. The fourth-order valence-electron chi connectivity index (χ4n) is 2.36. The van der Waals surface area contributed by atoms with Crippen molar-refractivity contribution < 1.29 is 4.74 Å². The zero-order valence-corrected chi connectivity index (χ0v) is 13.9. The Morgan fingerprint density at radius 2 is 2.04 bits per heavy atom. The molecule has 25 heavy (non-hydrogen) atoms. The van der Waals surface area contributed by atoms with Gasteiger partial charge in [-0.3, -0.25) is 5.10 Å². The van der Waals surface area contributed by atoms with Crippen molar-refractivity contribution in [1.29, 1.82) is 0 Å². The minimum absolute atomic E-state index is 0.345. The van der Waals surface area contributed by atoms with Gasteiger partial charge in [0.15, 0.2) is 5.82 Å². The lowest BCUT2D eigenvalue weighted by Gasteiger charge is -2.09. The van der Waals surface area contributed by atoms with E-state index in [0.29, 0.717) is 28.3 Å². The Labute approximate surface area is 148 Å². The number of halogens is 1. The van der Waals surface area contributed by atoms with Crippen LogP contribution in [0.5, 0.6) is 11.6 Å². The number of aryl methyl sites for hydroxylation is 1. The molecule has 4 rings (SSSR count). The first-order valence-electron chi connectivity index (χ1n) is 7.51. The van der Waals surface area contributed by atoms with Crippen LogP contribution in [0.15, 0.2) is 48.9 Å². The van der Waals surface area contributed by atoms with Gasteiger partial charge in [0.2, 0.25) is 5.88 Å². The van der Waals surface area contributed by atoms with Gasteiger partial charge in [-0.25, -0.2) is 15.0 Å². The van der Waals surface area contributed by atoms with Crippen molar-refractivity contribution in [3.8, 4) is 11.6 Å². The summed E-state index contributed by atoms with van der Waals surface area (Å²) in [7, 11) is 0. The Balaban J connectivity index is 1.71. The molecule has 0 radical (unpaired) electrons. The molecule has 3 heterocycles. The summed E-state index contributed by atoms with van der Waals surface area (Å²) in [6.45, 7) is 1.93. The zero-order chi connectivity index (χ0) is 17.2. The second-order valence-electron chi connectivity index (χ2n) is 5.35. The van der Waals surface area contributed by atoms with E-state index in [2.05, 4.69) is 30.5 Å². The zero-order valence-electron chi connectivity index (χ0n) is 13.2. The molecule has 0 aliphatic rings. The smallest absolute Gasteiger partial charge is 0.238 e. The van der Waals surface area contributed by atoms with Crippen LogP contribution >= 0.6 is 11.6 Å². The van der Waals surface area contributed by atoms with E-state index in [0.717, 1.165) is 16.6 Å². The van der Waals surface area contributed by atoms with Crippen molar-refractivity contribution in [2.45, 2.75) is 6.92 Å². The number of H-pyrrole nitrogens is 1. The number of nitrogens with one attached hydrogen (secondary N) is 2. The van der Waals surface area contributed by atoms with Crippen molar-refractivity contribution >= 4 is 34.1 Å². The van der Waals surface area contributed by atoms with Crippen molar-refractivity contribution in [3.05, 3.63) is 59.6 Å². The molecule has 0 saturated carbocycles. The van der Waals surface area contributed by atoms with E-state index >= 15 is 0 Å². The molecule has 0 spiro atoms. The van der Waals surface area contributed by atoms with E-state index in [9.17, 15) is 0 Å². The molecule has 7 nitrogen and oxygen atoms in total. The molecule has 0 unspecified atom stereocenters. The van der Waals surface area contributed by atoms with Gasteiger partial charge in [-0.15, -0.1) is 0 Å². The average Bonchev–Trinajstić information content (AvgIpc) is 3.02. The molecule has 0 amide bonds. The van der Waals surface area contributed by atoms with Crippen LogP contribution in [0.25, 0.3) is 10.9 Å². The third-order valence-corrected chi connectivity index (χ3v) is 3.79. The van der Waals surface area contributed by atoms with Crippen molar-refractivity contribution in [2.24, 2.45) is 0 Å². The number of benzene rings is 1. The summed E-state index contributed by atoms with van der Waals surface area (Å²) in [6.07, 6.45) is 3.12. The van der Waals surface area contributed by atoms with Gasteiger partial charge in [-0.2, -0.15) is 5.10 Å². The summed E-state index contributed by atoms with van der Waals surface area (Å²) in [5, 5.41) is 11.5. The number of hydrogen-bond acceptors (Lipinski definition) is 6. The fourth-order valence-corrected chi connectivity index (χ4v) is 2.52. The fraction of sp³-hybridized carbons (Fsp3) is 0.0588. The summed E-state index contributed by atoms with van der Waals surface area (Å²) >= 11 is 6.10. The molecule has 0 aliphatic heterocycles. The Morgan fingerprint density at radius 1 is 1.12 bits per heavy atom. The van der Waals surface area contributed by atoms with Crippen LogP contribution in [-0.2, 0) is 0 Å². The van der Waals surface area contributed by atoms with Crippen LogP contribution in [0, 0.1) is 6.92 Å². The highest BCUT2D eigenvalue weighted by atomic mass is 35.5. The number of rotatable bonds is 4. The third kappa shape index (κ3) is 3.22. The second kappa shape index (κ2) is 6.37. The van der Waals surface area contributed by atoms with E-state index in [4.69, 9.17) is 16.3 Å². The minimum atomic E-state index is 0.345. The molecule has 0 atom stereocenters. The maximum Gasteiger partial charge on any atom is 0.238 e. The molecular weight excluding hydrogens is 340 g/mol. The maximum absolute atomic E-state index is 6.10. The molecule has 1 aromatic carbocycles. The van der Waals surface area contributed by atoms with Crippen LogP contribution in [-0.4, -0.2) is 25.1 Å². The van der Waals surface area contributed by atoms with E-state index in [1.807, 2.05) is 31.2 Å². The van der Waals surface area contributed by atoms with Gasteiger partial charge in [-0.1, -0.05) is 11.6 Å². The van der Waals surface area contributed by atoms with E-state index in [1.165, 1.54) is 6.33 Å².